The van der Waals surface area contributed by atoms with Crippen LogP contribution < -0.4 is 5.11 Å². The summed E-state index contributed by atoms with van der Waals surface area (Å²) in [5.74, 6) is -2.81. The average Bonchev–Trinajstić information content (AvgIpc) is 2.59. The first kappa shape index (κ1) is 14.2. The van der Waals surface area contributed by atoms with Crippen LogP contribution in [0.1, 0.15) is 5.56 Å². The first-order valence-electron chi connectivity index (χ1n) is 7.39. The van der Waals surface area contributed by atoms with Crippen molar-refractivity contribution in [3.05, 3.63) is 60.2 Å². The quantitative estimate of drug-likeness (QED) is 0.357. The summed E-state index contributed by atoms with van der Waals surface area (Å²) in [5, 5.41) is 26.9. The van der Waals surface area contributed by atoms with Crippen molar-refractivity contribution in [2.75, 3.05) is 0 Å². The van der Waals surface area contributed by atoms with Gasteiger partial charge in [-0.3, -0.25) is 4.79 Å². The van der Waals surface area contributed by atoms with E-state index in [-0.39, 0.29) is 5.75 Å². The van der Waals surface area contributed by atoms with Crippen LogP contribution in [0, 0.1) is 0 Å². The minimum Gasteiger partial charge on any atom is -0.872 e. The van der Waals surface area contributed by atoms with Crippen LogP contribution >= 0.6 is 0 Å². The van der Waals surface area contributed by atoms with E-state index in [4.69, 9.17) is 5.11 Å². The fraction of sp³-hybridized carbons (Fsp3) is 0. The minimum atomic E-state index is -1.55. The maximum atomic E-state index is 12.7. The van der Waals surface area contributed by atoms with Crippen LogP contribution in [-0.2, 0) is 9.59 Å². The van der Waals surface area contributed by atoms with E-state index in [0.29, 0.717) is 10.9 Å². The predicted octanol–water partition coefficient (Wildman–Crippen LogP) is 3.32. The molecule has 4 rings (SSSR count). The van der Waals surface area contributed by atoms with Crippen LogP contribution in [0.5, 0.6) is 5.75 Å². The number of carboxylic acid groups (broad SMARTS) is 1. The topological polar surface area (TPSA) is 77.4 Å². The molecule has 0 saturated carbocycles. The molecule has 0 atom stereocenters. The molecule has 0 unspecified atom stereocenters. The second kappa shape index (κ2) is 5.06. The summed E-state index contributed by atoms with van der Waals surface area (Å²) in [4.78, 5) is 21.8. The molecule has 116 valence electrons. The molecule has 0 aliphatic carbocycles. The number of carbonyl (C=O) groups excluding carboxylic acids is 1. The number of carboxylic acids is 1. The highest BCUT2D eigenvalue weighted by atomic mass is 16.4. The summed E-state index contributed by atoms with van der Waals surface area (Å²) < 4.78 is 0. The van der Waals surface area contributed by atoms with Crippen LogP contribution in [0.25, 0.3) is 38.4 Å². The third-order valence-corrected chi connectivity index (χ3v) is 4.25. The van der Waals surface area contributed by atoms with E-state index >= 15 is 0 Å². The molecule has 0 heterocycles. The Labute approximate surface area is 136 Å². The Balaban J connectivity index is 2.03. The molecule has 4 nitrogen and oxygen atoms in total. The number of benzene rings is 4. The SMILES string of the molecule is O=C(O)C(=O)/C=C\c1cc2ccc3cccc4ccc(c1[O-])c2c34. The summed E-state index contributed by atoms with van der Waals surface area (Å²) in [6.07, 6.45) is 2.18. The van der Waals surface area contributed by atoms with Gasteiger partial charge in [-0.05, 0) is 50.0 Å². The van der Waals surface area contributed by atoms with Crippen molar-refractivity contribution >= 4 is 50.1 Å². The Morgan fingerprint density at radius 3 is 2.29 bits per heavy atom. The monoisotopic (exact) mass is 315 g/mol. The Bertz CT molecular complexity index is 1140. The standard InChI is InChI=1S/C20H12O4/c21-16(20(23)24)9-7-14-10-13-5-4-11-2-1-3-12-6-8-15(19(14)22)18(13)17(11)12/h1-10,22H,(H,23,24)/p-1/b9-7-. The van der Waals surface area contributed by atoms with E-state index in [9.17, 15) is 14.7 Å². The van der Waals surface area contributed by atoms with Crippen molar-refractivity contribution in [2.24, 2.45) is 0 Å². The van der Waals surface area contributed by atoms with Gasteiger partial charge in [0.1, 0.15) is 0 Å². The zero-order valence-corrected chi connectivity index (χ0v) is 12.4. The van der Waals surface area contributed by atoms with Gasteiger partial charge in [0, 0.05) is 0 Å². The molecule has 4 heteroatoms. The normalized spacial score (nSPS) is 11.8. The van der Waals surface area contributed by atoms with Crippen molar-refractivity contribution in [3.8, 4) is 5.75 Å². The summed E-state index contributed by atoms with van der Waals surface area (Å²) in [6.45, 7) is 0. The van der Waals surface area contributed by atoms with Gasteiger partial charge < -0.3 is 10.2 Å². The average molecular weight is 315 g/mol. The third kappa shape index (κ3) is 2.01. The van der Waals surface area contributed by atoms with Crippen molar-refractivity contribution in [1.82, 2.24) is 0 Å². The molecule has 0 amide bonds. The minimum absolute atomic E-state index is 0.213. The number of aliphatic carboxylic acids is 1. The highest BCUT2D eigenvalue weighted by Gasteiger charge is 2.10. The van der Waals surface area contributed by atoms with E-state index in [1.54, 1.807) is 12.1 Å². The third-order valence-electron chi connectivity index (χ3n) is 4.25. The summed E-state index contributed by atoms with van der Waals surface area (Å²) in [6, 6.07) is 15.3. The van der Waals surface area contributed by atoms with Gasteiger partial charge in [0.15, 0.2) is 0 Å². The maximum Gasteiger partial charge on any atom is 0.376 e. The zero-order chi connectivity index (χ0) is 16.8. The molecule has 0 radical (unpaired) electrons. The molecule has 0 bridgehead atoms. The molecule has 0 spiro atoms. The number of hydrogen-bond donors (Lipinski definition) is 1. The lowest BCUT2D eigenvalue weighted by Crippen LogP contribution is -2.08. The van der Waals surface area contributed by atoms with Crippen molar-refractivity contribution in [1.29, 1.82) is 0 Å². The summed E-state index contributed by atoms with van der Waals surface area (Å²) >= 11 is 0. The molecular formula is C20H11O4-. The number of rotatable bonds is 3. The van der Waals surface area contributed by atoms with Crippen LogP contribution in [-0.4, -0.2) is 16.9 Å². The van der Waals surface area contributed by atoms with Gasteiger partial charge in [0.25, 0.3) is 5.78 Å². The highest BCUT2D eigenvalue weighted by molar-refractivity contribution is 6.38. The largest absolute Gasteiger partial charge is 0.872 e. The molecule has 24 heavy (non-hydrogen) atoms. The lowest BCUT2D eigenvalue weighted by molar-refractivity contribution is -0.266. The fourth-order valence-electron chi connectivity index (χ4n) is 3.17. The van der Waals surface area contributed by atoms with Gasteiger partial charge in [-0.15, -0.1) is 0 Å². The first-order valence-corrected chi connectivity index (χ1v) is 7.39. The zero-order valence-electron chi connectivity index (χ0n) is 12.4. The van der Waals surface area contributed by atoms with E-state index in [2.05, 4.69) is 0 Å². The summed E-state index contributed by atoms with van der Waals surface area (Å²) in [5.41, 5.74) is 0.301. The lowest BCUT2D eigenvalue weighted by Gasteiger charge is -2.19. The Kier molecular flexibility index (Phi) is 3.00. The molecular weight excluding hydrogens is 304 g/mol. The molecule has 0 aliphatic rings. The van der Waals surface area contributed by atoms with Crippen LogP contribution in [0.2, 0.25) is 0 Å². The van der Waals surface area contributed by atoms with Crippen LogP contribution in [0.3, 0.4) is 0 Å². The molecule has 4 aromatic rings. The van der Waals surface area contributed by atoms with Crippen LogP contribution in [0.4, 0.5) is 0 Å². The fourth-order valence-corrected chi connectivity index (χ4v) is 3.17. The van der Waals surface area contributed by atoms with E-state index < -0.39 is 11.8 Å². The first-order chi connectivity index (χ1) is 11.6. The number of ketones is 1. The lowest BCUT2D eigenvalue weighted by atomic mass is 9.92. The van der Waals surface area contributed by atoms with Gasteiger partial charge in [-0.1, -0.05) is 54.3 Å². The molecule has 0 fully saturated rings. The van der Waals surface area contributed by atoms with E-state index in [0.717, 1.165) is 33.0 Å². The summed E-state index contributed by atoms with van der Waals surface area (Å²) in [7, 11) is 0. The Morgan fingerprint density at radius 1 is 0.917 bits per heavy atom. The van der Waals surface area contributed by atoms with Crippen molar-refractivity contribution < 1.29 is 19.8 Å². The molecule has 1 N–H and O–H groups in total. The molecule has 4 aromatic carbocycles. The van der Waals surface area contributed by atoms with Gasteiger partial charge in [0.05, 0.1) is 0 Å². The van der Waals surface area contributed by atoms with E-state index in [1.165, 1.54) is 6.08 Å². The highest BCUT2D eigenvalue weighted by Crippen LogP contribution is 2.39. The van der Waals surface area contributed by atoms with Gasteiger partial charge in [-0.2, -0.15) is 0 Å². The van der Waals surface area contributed by atoms with Crippen molar-refractivity contribution in [2.45, 2.75) is 0 Å². The van der Waals surface area contributed by atoms with Gasteiger partial charge >= 0.3 is 5.97 Å². The van der Waals surface area contributed by atoms with Crippen molar-refractivity contribution in [3.63, 3.8) is 0 Å². The van der Waals surface area contributed by atoms with Gasteiger partial charge in [0.2, 0.25) is 0 Å². The second-order valence-electron chi connectivity index (χ2n) is 5.65. The van der Waals surface area contributed by atoms with E-state index in [1.807, 2.05) is 36.4 Å². The number of carbonyl (C=O) groups is 2. The second-order valence-corrected chi connectivity index (χ2v) is 5.65. The Morgan fingerprint density at radius 2 is 1.58 bits per heavy atom. The molecule has 0 aliphatic heterocycles. The predicted molar refractivity (Wildman–Crippen MR) is 91.3 cm³/mol. The van der Waals surface area contributed by atoms with Crippen LogP contribution in [0.15, 0.2) is 54.6 Å². The van der Waals surface area contributed by atoms with Gasteiger partial charge in [-0.25, -0.2) is 4.79 Å². The number of hydrogen-bond acceptors (Lipinski definition) is 3. The molecule has 0 aromatic heterocycles. The smallest absolute Gasteiger partial charge is 0.376 e. The molecule has 0 saturated heterocycles. The Hall–Kier alpha value is -3.40. The maximum absolute atomic E-state index is 12.7.